The van der Waals surface area contributed by atoms with Crippen LogP contribution < -0.4 is 10.5 Å². The molecule has 2 N–H and O–H groups in total. The summed E-state index contributed by atoms with van der Waals surface area (Å²) in [5.74, 6) is 0.888. The van der Waals surface area contributed by atoms with Crippen molar-refractivity contribution in [1.29, 1.82) is 0 Å². The van der Waals surface area contributed by atoms with Gasteiger partial charge < -0.3 is 10.5 Å². The molecular weight excluding hydrogens is 358 g/mol. The van der Waals surface area contributed by atoms with Crippen molar-refractivity contribution >= 4 is 37.9 Å². The van der Waals surface area contributed by atoms with Crippen molar-refractivity contribution in [3.8, 4) is 5.75 Å². The lowest BCUT2D eigenvalue weighted by Gasteiger charge is -2.12. The predicted molar refractivity (Wildman–Crippen MR) is 85.0 cm³/mol. The van der Waals surface area contributed by atoms with E-state index in [9.17, 15) is 0 Å². The Morgan fingerprint density at radius 1 is 1.33 bits per heavy atom. The van der Waals surface area contributed by atoms with Gasteiger partial charge >= 0.3 is 0 Å². The molecule has 0 heterocycles. The van der Waals surface area contributed by atoms with Crippen LogP contribution in [0.15, 0.2) is 26.7 Å². The first kappa shape index (κ1) is 15.7. The zero-order chi connectivity index (χ0) is 13.5. The minimum atomic E-state index is 0.577. The van der Waals surface area contributed by atoms with E-state index in [1.807, 2.05) is 6.07 Å². The summed E-state index contributed by atoms with van der Waals surface area (Å²) >= 11 is 7.05. The van der Waals surface area contributed by atoms with Gasteiger partial charge in [-0.3, -0.25) is 0 Å². The Hall–Kier alpha value is -0.320. The van der Waals surface area contributed by atoms with Crippen LogP contribution in [0.5, 0.6) is 5.75 Å². The van der Waals surface area contributed by atoms with Gasteiger partial charge in [-0.05, 0) is 40.9 Å². The maximum absolute atomic E-state index is 5.81. The quantitative estimate of drug-likeness (QED) is 0.777. The number of halogens is 2. The Morgan fingerprint density at radius 3 is 2.61 bits per heavy atom. The highest BCUT2D eigenvalue weighted by atomic mass is 79.9. The van der Waals surface area contributed by atoms with Gasteiger partial charge in [0.25, 0.3) is 0 Å². The van der Waals surface area contributed by atoms with E-state index in [-0.39, 0.29) is 0 Å². The fraction of sp³-hybridized carbons (Fsp3) is 0.429. The van der Waals surface area contributed by atoms with Crippen molar-refractivity contribution in [3.63, 3.8) is 0 Å². The highest BCUT2D eigenvalue weighted by molar-refractivity contribution is 9.11. The molecule has 1 rings (SSSR count). The van der Waals surface area contributed by atoms with Crippen molar-refractivity contribution in [1.82, 2.24) is 0 Å². The fourth-order valence-electron chi connectivity index (χ4n) is 1.57. The summed E-state index contributed by atoms with van der Waals surface area (Å²) in [5.41, 5.74) is 8.00. The van der Waals surface area contributed by atoms with Crippen molar-refractivity contribution in [2.45, 2.75) is 26.7 Å². The van der Waals surface area contributed by atoms with Gasteiger partial charge in [0.15, 0.2) is 0 Å². The Morgan fingerprint density at radius 2 is 2.06 bits per heavy atom. The van der Waals surface area contributed by atoms with Crippen molar-refractivity contribution in [2.75, 3.05) is 13.2 Å². The van der Waals surface area contributed by atoms with Crippen LogP contribution in [-0.4, -0.2) is 13.2 Å². The van der Waals surface area contributed by atoms with Crippen LogP contribution in [0.1, 0.15) is 32.3 Å². The van der Waals surface area contributed by atoms with E-state index in [4.69, 9.17) is 10.5 Å². The smallest absolute Gasteiger partial charge is 0.140 e. The Labute approximate surface area is 126 Å². The van der Waals surface area contributed by atoms with E-state index < -0.39 is 0 Å². The summed E-state index contributed by atoms with van der Waals surface area (Å²) in [7, 11) is 0. The van der Waals surface area contributed by atoms with Gasteiger partial charge in [0, 0.05) is 16.6 Å². The van der Waals surface area contributed by atoms with Crippen LogP contribution in [-0.2, 0) is 0 Å². The highest BCUT2D eigenvalue weighted by Gasteiger charge is 2.09. The lowest BCUT2D eigenvalue weighted by molar-refractivity contribution is 0.315. The topological polar surface area (TPSA) is 35.2 Å². The predicted octanol–water partition coefficient (Wildman–Crippen LogP) is 4.75. The molecule has 4 heteroatoms. The first-order chi connectivity index (χ1) is 8.62. The fourth-order valence-corrected chi connectivity index (χ4v) is 2.94. The van der Waals surface area contributed by atoms with Crippen LogP contribution in [0.4, 0.5) is 0 Å². The maximum atomic E-state index is 5.81. The second kappa shape index (κ2) is 7.97. The van der Waals surface area contributed by atoms with Crippen molar-refractivity contribution in [3.05, 3.63) is 32.2 Å². The largest absolute Gasteiger partial charge is 0.492 e. The molecule has 0 amide bonds. The molecule has 18 heavy (non-hydrogen) atoms. The summed E-state index contributed by atoms with van der Waals surface area (Å²) in [6, 6.07) is 4.05. The van der Waals surface area contributed by atoms with Crippen LogP contribution >= 0.6 is 31.9 Å². The normalized spacial score (nSPS) is 11.7. The first-order valence-electron chi connectivity index (χ1n) is 6.13. The second-order valence-electron chi connectivity index (χ2n) is 4.01. The third-order valence-electron chi connectivity index (χ3n) is 2.56. The van der Waals surface area contributed by atoms with E-state index in [2.05, 4.69) is 57.8 Å². The van der Waals surface area contributed by atoms with E-state index in [1.54, 1.807) is 0 Å². The molecule has 0 saturated carbocycles. The van der Waals surface area contributed by atoms with Gasteiger partial charge in [-0.15, -0.1) is 0 Å². The number of ether oxygens (including phenoxy) is 1. The molecule has 0 unspecified atom stereocenters. The van der Waals surface area contributed by atoms with Gasteiger partial charge in [-0.25, -0.2) is 0 Å². The average molecular weight is 377 g/mol. The summed E-state index contributed by atoms with van der Waals surface area (Å²) in [6.45, 7) is 5.50. The summed E-state index contributed by atoms with van der Waals surface area (Å²) in [6.07, 6.45) is 4.05. The maximum Gasteiger partial charge on any atom is 0.140 e. The molecular formula is C14H19Br2NO. The molecule has 0 aromatic heterocycles. The zero-order valence-electron chi connectivity index (χ0n) is 10.8. The Kier molecular flexibility index (Phi) is 6.97. The summed E-state index contributed by atoms with van der Waals surface area (Å²) < 4.78 is 7.80. The number of benzene rings is 1. The van der Waals surface area contributed by atoms with Gasteiger partial charge in [0.1, 0.15) is 5.75 Å². The Balaban J connectivity index is 3.18. The van der Waals surface area contributed by atoms with Gasteiger partial charge in [0.2, 0.25) is 0 Å². The SMILES string of the molecule is CCCOc1c(Br)cc(Br)cc1C=C(CC)CN. The van der Waals surface area contributed by atoms with Crippen molar-refractivity contribution in [2.24, 2.45) is 5.73 Å². The zero-order valence-corrected chi connectivity index (χ0v) is 14.0. The molecule has 0 aliphatic rings. The molecule has 0 fully saturated rings. The number of hydrogen-bond acceptors (Lipinski definition) is 2. The number of hydrogen-bond donors (Lipinski definition) is 1. The minimum absolute atomic E-state index is 0.577. The van der Waals surface area contributed by atoms with E-state index in [0.29, 0.717) is 13.2 Å². The lowest BCUT2D eigenvalue weighted by atomic mass is 10.1. The van der Waals surface area contributed by atoms with Crippen LogP contribution in [0.2, 0.25) is 0 Å². The average Bonchev–Trinajstić information content (AvgIpc) is 2.34. The number of nitrogens with two attached hydrogens (primary N) is 1. The Bertz CT molecular complexity index is 424. The molecule has 1 aromatic carbocycles. The molecule has 2 nitrogen and oxygen atoms in total. The monoisotopic (exact) mass is 375 g/mol. The molecule has 0 radical (unpaired) electrons. The third-order valence-corrected chi connectivity index (χ3v) is 3.61. The lowest BCUT2D eigenvalue weighted by Crippen LogP contribution is -2.03. The molecule has 100 valence electrons. The van der Waals surface area contributed by atoms with E-state index >= 15 is 0 Å². The summed E-state index contributed by atoms with van der Waals surface area (Å²) in [5, 5.41) is 0. The molecule has 0 aliphatic carbocycles. The summed E-state index contributed by atoms with van der Waals surface area (Å²) in [4.78, 5) is 0. The number of rotatable bonds is 6. The standard InChI is InChI=1S/C14H19Br2NO/c1-3-5-18-14-11(6-10(4-2)9-17)7-12(15)8-13(14)16/h6-8H,3-5,9,17H2,1-2H3. The minimum Gasteiger partial charge on any atom is -0.492 e. The second-order valence-corrected chi connectivity index (χ2v) is 5.78. The first-order valence-corrected chi connectivity index (χ1v) is 7.72. The van der Waals surface area contributed by atoms with Crippen LogP contribution in [0.3, 0.4) is 0 Å². The van der Waals surface area contributed by atoms with Gasteiger partial charge in [0.05, 0.1) is 11.1 Å². The van der Waals surface area contributed by atoms with Gasteiger partial charge in [-0.1, -0.05) is 41.4 Å². The molecule has 0 aliphatic heterocycles. The van der Waals surface area contributed by atoms with Crippen LogP contribution in [0, 0.1) is 0 Å². The molecule has 0 bridgehead atoms. The molecule has 0 spiro atoms. The third kappa shape index (κ3) is 4.41. The van der Waals surface area contributed by atoms with Gasteiger partial charge in [-0.2, -0.15) is 0 Å². The van der Waals surface area contributed by atoms with Crippen LogP contribution in [0.25, 0.3) is 6.08 Å². The highest BCUT2D eigenvalue weighted by Crippen LogP contribution is 2.34. The molecule has 0 saturated heterocycles. The van der Waals surface area contributed by atoms with E-state index in [0.717, 1.165) is 33.1 Å². The molecule has 0 atom stereocenters. The van der Waals surface area contributed by atoms with Crippen molar-refractivity contribution < 1.29 is 4.74 Å². The molecule has 1 aromatic rings. The van der Waals surface area contributed by atoms with E-state index in [1.165, 1.54) is 5.57 Å².